The van der Waals surface area contributed by atoms with E-state index in [4.69, 9.17) is 5.73 Å². The van der Waals surface area contributed by atoms with E-state index in [1.165, 1.54) is 7.11 Å². The maximum Gasteiger partial charge on any atom is 0.309 e. The van der Waals surface area contributed by atoms with Crippen LogP contribution in [0.4, 0.5) is 0 Å². The number of nitrogens with two attached hydrogens (primary N) is 1. The Labute approximate surface area is 117 Å². The van der Waals surface area contributed by atoms with Crippen LogP contribution in [0.5, 0.6) is 0 Å². The maximum atomic E-state index is 11.3. The monoisotopic (exact) mass is 281 g/mol. The molecule has 1 aromatic carbocycles. The number of hydrogen-bond donors (Lipinski definition) is 1. The Kier molecular flexibility index (Phi) is 5.89. The van der Waals surface area contributed by atoms with Gasteiger partial charge in [-0.3, -0.25) is 9.59 Å². The van der Waals surface area contributed by atoms with Crippen LogP contribution in [0.2, 0.25) is 0 Å². The number of carbonyl (C=O) groups excluding carboxylic acids is 2. The average molecular weight is 281 g/mol. The zero-order valence-corrected chi connectivity index (χ0v) is 12.3. The Balaban J connectivity index is 2.54. The van der Waals surface area contributed by atoms with Gasteiger partial charge in [0.2, 0.25) is 5.91 Å². The fourth-order valence-corrected chi connectivity index (χ4v) is 2.78. The van der Waals surface area contributed by atoms with Crippen LogP contribution in [-0.4, -0.2) is 24.7 Å². The highest BCUT2D eigenvalue weighted by Gasteiger charge is 2.13. The van der Waals surface area contributed by atoms with Gasteiger partial charge in [0.05, 0.1) is 13.0 Å². The van der Waals surface area contributed by atoms with Crippen molar-refractivity contribution in [2.24, 2.45) is 11.7 Å². The summed E-state index contributed by atoms with van der Waals surface area (Å²) >= 11 is 1.67. The second-order valence-electron chi connectivity index (χ2n) is 4.44. The number of ether oxygens (including phenoxy) is 1. The molecule has 0 heterocycles. The number of aryl methyl sites for hydroxylation is 1. The number of rotatable bonds is 6. The lowest BCUT2D eigenvalue weighted by Crippen LogP contribution is -2.15. The molecule has 0 spiro atoms. The first-order chi connectivity index (χ1) is 8.95. The van der Waals surface area contributed by atoms with E-state index in [-0.39, 0.29) is 11.9 Å². The van der Waals surface area contributed by atoms with Gasteiger partial charge in [-0.25, -0.2) is 0 Å². The molecular formula is C14H19NO3S. The first-order valence-corrected chi connectivity index (χ1v) is 7.16. The summed E-state index contributed by atoms with van der Waals surface area (Å²) in [6, 6.07) is 5.43. The van der Waals surface area contributed by atoms with Crippen LogP contribution in [-0.2, 0) is 15.3 Å². The molecule has 1 aromatic rings. The van der Waals surface area contributed by atoms with Crippen molar-refractivity contribution in [3.05, 3.63) is 34.9 Å². The highest BCUT2D eigenvalue weighted by Crippen LogP contribution is 2.20. The molecule has 1 unspecified atom stereocenters. The number of hydrogen-bond acceptors (Lipinski definition) is 4. The summed E-state index contributed by atoms with van der Waals surface area (Å²) in [6.45, 7) is 3.80. The van der Waals surface area contributed by atoms with Crippen LogP contribution in [0, 0.1) is 12.8 Å². The van der Waals surface area contributed by atoms with E-state index in [0.717, 1.165) is 16.9 Å². The fourth-order valence-electron chi connectivity index (χ4n) is 1.63. The Morgan fingerprint density at radius 3 is 2.63 bits per heavy atom. The van der Waals surface area contributed by atoms with Crippen molar-refractivity contribution in [2.75, 3.05) is 12.9 Å². The second kappa shape index (κ2) is 7.19. The second-order valence-corrected chi connectivity index (χ2v) is 5.48. The van der Waals surface area contributed by atoms with E-state index in [1.807, 2.05) is 19.9 Å². The minimum absolute atomic E-state index is 0.111. The molecule has 1 atom stereocenters. The van der Waals surface area contributed by atoms with Gasteiger partial charge in [-0.05, 0) is 30.2 Å². The Hall–Kier alpha value is -1.49. The summed E-state index contributed by atoms with van der Waals surface area (Å²) in [5, 5.41) is 0. The van der Waals surface area contributed by atoms with E-state index in [2.05, 4.69) is 4.74 Å². The zero-order valence-electron chi connectivity index (χ0n) is 11.4. The fraction of sp³-hybridized carbons (Fsp3) is 0.429. The Morgan fingerprint density at radius 2 is 2.11 bits per heavy atom. The van der Waals surface area contributed by atoms with Crippen molar-refractivity contribution < 1.29 is 14.3 Å². The quantitative estimate of drug-likeness (QED) is 0.811. The number of carbonyl (C=O) groups is 2. The summed E-state index contributed by atoms with van der Waals surface area (Å²) in [7, 11) is 1.40. The van der Waals surface area contributed by atoms with Crippen molar-refractivity contribution >= 4 is 23.6 Å². The van der Waals surface area contributed by atoms with Gasteiger partial charge in [0.25, 0.3) is 0 Å². The van der Waals surface area contributed by atoms with E-state index in [0.29, 0.717) is 11.3 Å². The molecule has 104 valence electrons. The predicted molar refractivity (Wildman–Crippen MR) is 77.0 cm³/mol. The molecule has 0 saturated heterocycles. The molecule has 4 nitrogen and oxygen atoms in total. The molecule has 1 rings (SSSR count). The smallest absolute Gasteiger partial charge is 0.309 e. The van der Waals surface area contributed by atoms with Crippen molar-refractivity contribution in [3.8, 4) is 0 Å². The van der Waals surface area contributed by atoms with Gasteiger partial charge in [-0.15, -0.1) is 0 Å². The van der Waals surface area contributed by atoms with E-state index in [9.17, 15) is 9.59 Å². The number of amides is 1. The number of methoxy groups -OCH3 is 1. The average Bonchev–Trinajstić information content (AvgIpc) is 2.39. The Morgan fingerprint density at radius 1 is 1.42 bits per heavy atom. The molecule has 0 aromatic heterocycles. The topological polar surface area (TPSA) is 69.4 Å². The van der Waals surface area contributed by atoms with Crippen molar-refractivity contribution in [1.82, 2.24) is 0 Å². The summed E-state index contributed by atoms with van der Waals surface area (Å²) < 4.78 is 4.68. The largest absolute Gasteiger partial charge is 0.469 e. The van der Waals surface area contributed by atoms with Crippen molar-refractivity contribution in [2.45, 2.75) is 19.6 Å². The van der Waals surface area contributed by atoms with Crippen LogP contribution >= 0.6 is 11.8 Å². The van der Waals surface area contributed by atoms with Crippen LogP contribution < -0.4 is 5.73 Å². The Bertz CT molecular complexity index is 474. The minimum Gasteiger partial charge on any atom is -0.469 e. The number of benzene rings is 1. The first kappa shape index (κ1) is 15.6. The van der Waals surface area contributed by atoms with Gasteiger partial charge in [0.15, 0.2) is 0 Å². The molecule has 0 aliphatic heterocycles. The molecule has 0 saturated carbocycles. The lowest BCUT2D eigenvalue weighted by molar-refractivity contribution is -0.143. The molecule has 19 heavy (non-hydrogen) atoms. The van der Waals surface area contributed by atoms with Crippen molar-refractivity contribution in [3.63, 3.8) is 0 Å². The first-order valence-electron chi connectivity index (χ1n) is 6.00. The molecule has 0 aliphatic rings. The number of primary amides is 1. The van der Waals surface area contributed by atoms with Crippen molar-refractivity contribution in [1.29, 1.82) is 0 Å². The lowest BCUT2D eigenvalue weighted by atomic mass is 10.1. The maximum absolute atomic E-state index is 11.3. The summed E-state index contributed by atoms with van der Waals surface area (Å²) in [5.74, 6) is 0.797. The van der Waals surface area contributed by atoms with Gasteiger partial charge in [-0.2, -0.15) is 11.8 Å². The number of esters is 1. The van der Waals surface area contributed by atoms with Crippen LogP contribution in [0.15, 0.2) is 18.2 Å². The predicted octanol–water partition coefficient (Wildman–Crippen LogP) is 2.14. The number of thioether (sulfide) groups is 1. The molecule has 1 amide bonds. The third-order valence-corrected chi connectivity index (χ3v) is 4.11. The van der Waals surface area contributed by atoms with Gasteiger partial charge < -0.3 is 10.5 Å². The molecule has 5 heteroatoms. The van der Waals surface area contributed by atoms with Crippen LogP contribution in [0.25, 0.3) is 0 Å². The highest BCUT2D eigenvalue weighted by atomic mass is 32.2. The molecule has 0 bridgehead atoms. The summed E-state index contributed by atoms with van der Waals surface area (Å²) in [6.07, 6.45) is 0. The molecule has 0 radical (unpaired) electrons. The van der Waals surface area contributed by atoms with E-state index in [1.54, 1.807) is 23.9 Å². The standard InChI is InChI=1S/C14H19NO3S/c1-9-6-11(13(15)16)4-5-12(9)8-19-7-10(2)14(17)18-3/h4-6,10H,7-8H2,1-3H3,(H2,15,16). The molecule has 0 fully saturated rings. The van der Waals surface area contributed by atoms with Crippen LogP contribution in [0.1, 0.15) is 28.4 Å². The van der Waals surface area contributed by atoms with Gasteiger partial charge in [0.1, 0.15) is 0 Å². The summed E-state index contributed by atoms with van der Waals surface area (Å²) in [4.78, 5) is 22.3. The van der Waals surface area contributed by atoms with Gasteiger partial charge >= 0.3 is 5.97 Å². The molecule has 0 aliphatic carbocycles. The third kappa shape index (κ3) is 4.59. The highest BCUT2D eigenvalue weighted by molar-refractivity contribution is 7.98. The summed E-state index contributed by atoms with van der Waals surface area (Å²) in [5.41, 5.74) is 7.93. The normalized spacial score (nSPS) is 11.9. The zero-order chi connectivity index (χ0) is 14.4. The van der Waals surface area contributed by atoms with E-state index < -0.39 is 5.91 Å². The van der Waals surface area contributed by atoms with Crippen LogP contribution in [0.3, 0.4) is 0 Å². The van der Waals surface area contributed by atoms with Gasteiger partial charge in [0, 0.05) is 17.1 Å². The lowest BCUT2D eigenvalue weighted by Gasteiger charge is -2.10. The third-order valence-electron chi connectivity index (χ3n) is 2.86. The van der Waals surface area contributed by atoms with E-state index >= 15 is 0 Å². The molecule has 2 N–H and O–H groups in total. The SMILES string of the molecule is COC(=O)C(C)CSCc1ccc(C(N)=O)cc1C. The minimum atomic E-state index is -0.415. The van der Waals surface area contributed by atoms with Gasteiger partial charge in [-0.1, -0.05) is 13.0 Å². The molecular weight excluding hydrogens is 262 g/mol.